The fourth-order valence-corrected chi connectivity index (χ4v) is 1.83. The number of anilines is 1. The number of carbonyl (C=O) groups is 1. The zero-order valence-electron chi connectivity index (χ0n) is 11.2. The van der Waals surface area contributed by atoms with E-state index in [1.807, 2.05) is 0 Å². The van der Waals surface area contributed by atoms with Crippen LogP contribution in [0.3, 0.4) is 0 Å². The van der Waals surface area contributed by atoms with Crippen LogP contribution in [0, 0.1) is 0 Å². The topological polar surface area (TPSA) is 38.3 Å². The number of ether oxygens (including phenoxy) is 1. The van der Waals surface area contributed by atoms with E-state index in [1.165, 1.54) is 12.1 Å². The standard InChI is InChI=1S/C15H11ClF3NO2/c16-11-2-1-3-13(8-11)22-9-14(21)20-12-6-4-10(5-7-12)15(17,18)19/h1-8H,9H2,(H,20,21). The minimum Gasteiger partial charge on any atom is -0.484 e. The lowest BCUT2D eigenvalue weighted by atomic mass is 10.2. The van der Waals surface area contributed by atoms with Gasteiger partial charge in [0.05, 0.1) is 5.56 Å². The van der Waals surface area contributed by atoms with Crippen molar-refractivity contribution in [2.75, 3.05) is 11.9 Å². The smallest absolute Gasteiger partial charge is 0.416 e. The van der Waals surface area contributed by atoms with Crippen molar-refractivity contribution in [1.82, 2.24) is 0 Å². The molecule has 0 radical (unpaired) electrons. The van der Waals surface area contributed by atoms with Crippen molar-refractivity contribution in [3.05, 3.63) is 59.1 Å². The van der Waals surface area contributed by atoms with Gasteiger partial charge >= 0.3 is 6.18 Å². The van der Waals surface area contributed by atoms with Crippen molar-refractivity contribution in [1.29, 1.82) is 0 Å². The molecular weight excluding hydrogens is 319 g/mol. The summed E-state index contributed by atoms with van der Waals surface area (Å²) >= 11 is 5.77. The molecule has 116 valence electrons. The molecule has 2 rings (SSSR count). The Morgan fingerprint density at radius 2 is 1.82 bits per heavy atom. The highest BCUT2D eigenvalue weighted by Gasteiger charge is 2.29. The summed E-state index contributed by atoms with van der Waals surface area (Å²) in [6.45, 7) is -0.276. The van der Waals surface area contributed by atoms with Crippen LogP contribution >= 0.6 is 11.6 Å². The van der Waals surface area contributed by atoms with Gasteiger partial charge in [-0.1, -0.05) is 17.7 Å². The number of nitrogens with one attached hydrogen (secondary N) is 1. The summed E-state index contributed by atoms with van der Waals surface area (Å²) in [4.78, 5) is 11.7. The van der Waals surface area contributed by atoms with Crippen molar-refractivity contribution < 1.29 is 22.7 Å². The van der Waals surface area contributed by atoms with E-state index in [4.69, 9.17) is 16.3 Å². The quantitative estimate of drug-likeness (QED) is 0.904. The van der Waals surface area contributed by atoms with Gasteiger partial charge < -0.3 is 10.1 Å². The third kappa shape index (κ3) is 4.66. The van der Waals surface area contributed by atoms with Crippen LogP contribution < -0.4 is 10.1 Å². The fourth-order valence-electron chi connectivity index (χ4n) is 1.65. The number of benzene rings is 2. The second kappa shape index (κ2) is 6.70. The molecule has 0 bridgehead atoms. The first-order chi connectivity index (χ1) is 10.3. The first-order valence-electron chi connectivity index (χ1n) is 6.20. The molecule has 22 heavy (non-hydrogen) atoms. The molecule has 0 aromatic heterocycles. The Bertz CT molecular complexity index is 657. The maximum absolute atomic E-state index is 12.4. The SMILES string of the molecule is O=C(COc1cccc(Cl)c1)Nc1ccc(C(F)(F)F)cc1. The highest BCUT2D eigenvalue weighted by molar-refractivity contribution is 6.30. The summed E-state index contributed by atoms with van der Waals surface area (Å²) in [5.41, 5.74) is -0.520. The number of carbonyl (C=O) groups excluding carboxylic acids is 1. The van der Waals surface area contributed by atoms with Crippen LogP contribution in [0.4, 0.5) is 18.9 Å². The molecule has 3 nitrogen and oxygen atoms in total. The molecular formula is C15H11ClF3NO2. The van der Waals surface area contributed by atoms with Crippen molar-refractivity contribution in [3.8, 4) is 5.75 Å². The molecule has 0 aliphatic carbocycles. The van der Waals surface area contributed by atoms with E-state index in [2.05, 4.69) is 5.32 Å². The third-order valence-electron chi connectivity index (χ3n) is 2.66. The van der Waals surface area contributed by atoms with E-state index in [1.54, 1.807) is 24.3 Å². The van der Waals surface area contributed by atoms with E-state index in [0.29, 0.717) is 10.8 Å². The molecule has 0 heterocycles. The summed E-state index contributed by atoms with van der Waals surface area (Å²) in [5, 5.41) is 2.91. The molecule has 1 amide bonds. The number of hydrogen-bond donors (Lipinski definition) is 1. The lowest BCUT2D eigenvalue weighted by molar-refractivity contribution is -0.137. The molecule has 2 aromatic carbocycles. The summed E-state index contributed by atoms with van der Waals surface area (Å²) < 4.78 is 42.4. The van der Waals surface area contributed by atoms with Gasteiger partial charge in [0.15, 0.2) is 6.61 Å². The van der Waals surface area contributed by atoms with Crippen LogP contribution in [0.5, 0.6) is 5.75 Å². The number of hydrogen-bond acceptors (Lipinski definition) is 2. The van der Waals surface area contributed by atoms with E-state index in [-0.39, 0.29) is 12.3 Å². The Morgan fingerprint density at radius 1 is 1.14 bits per heavy atom. The van der Waals surface area contributed by atoms with Gasteiger partial charge in [0, 0.05) is 10.7 Å². The van der Waals surface area contributed by atoms with Crippen molar-refractivity contribution >= 4 is 23.2 Å². The van der Waals surface area contributed by atoms with Crippen molar-refractivity contribution in [3.63, 3.8) is 0 Å². The van der Waals surface area contributed by atoms with Crippen LogP contribution in [-0.4, -0.2) is 12.5 Å². The number of amides is 1. The monoisotopic (exact) mass is 329 g/mol. The summed E-state index contributed by atoms with van der Waals surface area (Å²) in [5.74, 6) is -0.0604. The van der Waals surface area contributed by atoms with Gasteiger partial charge in [0.1, 0.15) is 5.75 Å². The molecule has 2 aromatic rings. The number of alkyl halides is 3. The Balaban J connectivity index is 1.89. The molecule has 0 unspecified atom stereocenters. The molecule has 7 heteroatoms. The third-order valence-corrected chi connectivity index (χ3v) is 2.90. The fraction of sp³-hybridized carbons (Fsp3) is 0.133. The van der Waals surface area contributed by atoms with E-state index < -0.39 is 17.6 Å². The highest BCUT2D eigenvalue weighted by Crippen LogP contribution is 2.29. The molecule has 0 aliphatic heterocycles. The van der Waals surface area contributed by atoms with Gasteiger partial charge in [-0.3, -0.25) is 4.79 Å². The maximum Gasteiger partial charge on any atom is 0.416 e. The normalized spacial score (nSPS) is 11.1. The van der Waals surface area contributed by atoms with Crippen molar-refractivity contribution in [2.24, 2.45) is 0 Å². The van der Waals surface area contributed by atoms with Gasteiger partial charge in [-0.25, -0.2) is 0 Å². The first-order valence-corrected chi connectivity index (χ1v) is 6.58. The van der Waals surface area contributed by atoms with Gasteiger partial charge in [0.25, 0.3) is 5.91 Å². The summed E-state index contributed by atoms with van der Waals surface area (Å²) in [7, 11) is 0. The lowest BCUT2D eigenvalue weighted by Crippen LogP contribution is -2.20. The predicted octanol–water partition coefficient (Wildman–Crippen LogP) is 4.38. The minimum absolute atomic E-state index is 0.257. The second-order valence-corrected chi connectivity index (χ2v) is 4.81. The molecule has 0 aliphatic rings. The Hall–Kier alpha value is -2.21. The maximum atomic E-state index is 12.4. The molecule has 1 N–H and O–H groups in total. The Kier molecular flexibility index (Phi) is 4.92. The van der Waals surface area contributed by atoms with Crippen LogP contribution in [-0.2, 0) is 11.0 Å². The van der Waals surface area contributed by atoms with Gasteiger partial charge in [-0.15, -0.1) is 0 Å². The van der Waals surface area contributed by atoms with Gasteiger partial charge in [-0.2, -0.15) is 13.2 Å². The number of halogens is 4. The lowest BCUT2D eigenvalue weighted by Gasteiger charge is -2.09. The van der Waals surface area contributed by atoms with Crippen LogP contribution in [0.15, 0.2) is 48.5 Å². The Morgan fingerprint density at radius 3 is 2.41 bits per heavy atom. The largest absolute Gasteiger partial charge is 0.484 e. The highest BCUT2D eigenvalue weighted by atomic mass is 35.5. The zero-order chi connectivity index (χ0) is 16.2. The first kappa shape index (κ1) is 16.2. The van der Waals surface area contributed by atoms with E-state index >= 15 is 0 Å². The van der Waals surface area contributed by atoms with Crippen molar-refractivity contribution in [2.45, 2.75) is 6.18 Å². The Labute approximate surface area is 129 Å². The molecule has 0 saturated heterocycles. The van der Waals surface area contributed by atoms with Crippen LogP contribution in [0.1, 0.15) is 5.56 Å². The van der Waals surface area contributed by atoms with Gasteiger partial charge in [-0.05, 0) is 42.5 Å². The second-order valence-electron chi connectivity index (χ2n) is 4.37. The molecule has 0 atom stereocenters. The van der Waals surface area contributed by atoms with E-state index in [9.17, 15) is 18.0 Å². The zero-order valence-corrected chi connectivity index (χ0v) is 11.9. The molecule has 0 fully saturated rings. The number of rotatable bonds is 4. The molecule has 0 spiro atoms. The van der Waals surface area contributed by atoms with Crippen LogP contribution in [0.25, 0.3) is 0 Å². The summed E-state index contributed by atoms with van der Waals surface area (Å²) in [6.07, 6.45) is -4.40. The van der Waals surface area contributed by atoms with Crippen LogP contribution in [0.2, 0.25) is 5.02 Å². The average molecular weight is 330 g/mol. The minimum atomic E-state index is -4.40. The average Bonchev–Trinajstić information content (AvgIpc) is 2.45. The summed E-state index contributed by atoms with van der Waals surface area (Å²) in [6, 6.07) is 10.7. The van der Waals surface area contributed by atoms with E-state index in [0.717, 1.165) is 12.1 Å². The molecule has 0 saturated carbocycles. The predicted molar refractivity (Wildman–Crippen MR) is 77.0 cm³/mol. The van der Waals surface area contributed by atoms with Gasteiger partial charge in [0.2, 0.25) is 0 Å².